The van der Waals surface area contributed by atoms with Crippen LogP contribution in [0.4, 0.5) is 5.13 Å². The number of carboxylic acid groups (broad SMARTS) is 1. The maximum Gasteiger partial charge on any atom is 0.340 e. The Morgan fingerprint density at radius 3 is 2.94 bits per heavy atom. The molecule has 1 atom stereocenters. The molecular weight excluding hydrogens is 250 g/mol. The predicted octanol–water partition coefficient (Wildman–Crippen LogP) is 1.45. The second-order valence-electron chi connectivity index (χ2n) is 3.10. The highest BCUT2D eigenvalue weighted by Gasteiger charge is 2.40. The van der Waals surface area contributed by atoms with Crippen molar-refractivity contribution < 1.29 is 9.90 Å². The van der Waals surface area contributed by atoms with Crippen LogP contribution in [-0.2, 0) is 4.79 Å². The molecule has 1 heterocycles. The summed E-state index contributed by atoms with van der Waals surface area (Å²) in [4.78, 5) is 25.2. The van der Waals surface area contributed by atoms with Crippen molar-refractivity contribution in [3.8, 4) is 0 Å². The number of anilines is 1. The lowest BCUT2D eigenvalue weighted by atomic mass is 10.2. The molecule has 1 unspecified atom stereocenters. The average Bonchev–Trinajstić information content (AvgIpc) is 2.77. The third kappa shape index (κ3) is 2.50. The number of carbonyl (C=O) groups is 1. The molecule has 1 aromatic heterocycles. The molecule has 0 saturated heterocycles. The van der Waals surface area contributed by atoms with E-state index < -0.39 is 10.8 Å². The fourth-order valence-electron chi connectivity index (χ4n) is 1.16. The number of nitrogens with zero attached hydrogens (tertiary/aromatic N) is 3. The first kappa shape index (κ1) is 12.9. The van der Waals surface area contributed by atoms with Crippen LogP contribution >= 0.6 is 24.0 Å². The van der Waals surface area contributed by atoms with Crippen LogP contribution in [0.1, 0.15) is 6.42 Å². The number of nitroso groups, excluding NO2 is 1. The first-order valence-corrected chi connectivity index (χ1v) is 5.73. The minimum Gasteiger partial charge on any atom is -0.479 e. The number of likely N-dealkylation sites (N-methyl/N-ethyl adjacent to an activating group) is 1. The molecule has 1 aromatic rings. The topological polar surface area (TPSA) is 82.9 Å². The summed E-state index contributed by atoms with van der Waals surface area (Å²) in [5, 5.41) is 14.1. The zero-order valence-electron chi connectivity index (χ0n) is 8.53. The summed E-state index contributed by atoms with van der Waals surface area (Å²) in [6.45, 7) is -0.106. The molecule has 0 aromatic carbocycles. The molecule has 0 aliphatic carbocycles. The van der Waals surface area contributed by atoms with Crippen LogP contribution in [0.2, 0.25) is 0 Å². The second kappa shape index (κ2) is 5.26. The minimum atomic E-state index is -1.47. The molecule has 0 saturated carbocycles. The lowest BCUT2D eigenvalue weighted by Gasteiger charge is -2.33. The molecule has 6 nitrogen and oxygen atoms in total. The van der Waals surface area contributed by atoms with Gasteiger partial charge in [-0.15, -0.1) is 24.0 Å². The van der Waals surface area contributed by atoms with Crippen molar-refractivity contribution in [2.75, 3.05) is 18.5 Å². The molecular formula is C8H11N3O3S2. The SMILES string of the molecule is CN(c1nccs1)C(S)(CCN=O)C(=O)O. The van der Waals surface area contributed by atoms with Gasteiger partial charge in [0, 0.05) is 25.0 Å². The van der Waals surface area contributed by atoms with Crippen LogP contribution in [0.5, 0.6) is 0 Å². The van der Waals surface area contributed by atoms with E-state index in [-0.39, 0.29) is 13.0 Å². The van der Waals surface area contributed by atoms with Crippen LogP contribution in [0.25, 0.3) is 0 Å². The van der Waals surface area contributed by atoms with E-state index in [1.807, 2.05) is 0 Å². The number of aromatic nitrogens is 1. The van der Waals surface area contributed by atoms with Crippen LogP contribution in [0, 0.1) is 4.91 Å². The van der Waals surface area contributed by atoms with Crippen molar-refractivity contribution in [3.05, 3.63) is 16.5 Å². The number of aliphatic carboxylic acids is 1. The third-order valence-electron chi connectivity index (χ3n) is 2.16. The average molecular weight is 261 g/mol. The monoisotopic (exact) mass is 261 g/mol. The number of hydrogen-bond acceptors (Lipinski definition) is 7. The van der Waals surface area contributed by atoms with Gasteiger partial charge in [-0.05, 0) is 0 Å². The first-order chi connectivity index (χ1) is 7.52. The van der Waals surface area contributed by atoms with Gasteiger partial charge in [0.25, 0.3) is 0 Å². The van der Waals surface area contributed by atoms with Gasteiger partial charge in [0.05, 0.1) is 6.54 Å². The highest BCUT2D eigenvalue weighted by Crippen LogP contribution is 2.30. The van der Waals surface area contributed by atoms with Crippen molar-refractivity contribution >= 4 is 35.1 Å². The molecule has 0 aliphatic heterocycles. The molecule has 1 rings (SSSR count). The first-order valence-electron chi connectivity index (χ1n) is 4.40. The molecule has 0 radical (unpaired) electrons. The highest BCUT2D eigenvalue weighted by molar-refractivity contribution is 7.82. The largest absolute Gasteiger partial charge is 0.479 e. The molecule has 0 aliphatic rings. The Morgan fingerprint density at radius 2 is 2.50 bits per heavy atom. The van der Waals surface area contributed by atoms with Gasteiger partial charge in [0.1, 0.15) is 0 Å². The fourth-order valence-corrected chi connectivity index (χ4v) is 2.10. The van der Waals surface area contributed by atoms with Gasteiger partial charge >= 0.3 is 5.97 Å². The van der Waals surface area contributed by atoms with Gasteiger partial charge < -0.3 is 10.0 Å². The maximum atomic E-state index is 11.2. The van der Waals surface area contributed by atoms with Crippen molar-refractivity contribution in [1.29, 1.82) is 0 Å². The fraction of sp³-hybridized carbons (Fsp3) is 0.500. The van der Waals surface area contributed by atoms with Gasteiger partial charge in [0.2, 0.25) is 0 Å². The molecule has 88 valence electrons. The Bertz CT molecular complexity index is 371. The standard InChI is InChI=1S/C8H11N3O3S2/c1-11(7-9-4-5-16-7)8(15,6(12)13)2-3-10-14/h4-5,15H,2-3H2,1H3,(H,12,13). The van der Waals surface area contributed by atoms with Gasteiger partial charge in [-0.1, -0.05) is 5.18 Å². The molecule has 0 amide bonds. The van der Waals surface area contributed by atoms with Gasteiger partial charge in [-0.2, -0.15) is 4.91 Å². The molecule has 1 N–H and O–H groups in total. The molecule has 0 spiro atoms. The van der Waals surface area contributed by atoms with E-state index in [1.165, 1.54) is 16.2 Å². The summed E-state index contributed by atoms with van der Waals surface area (Å²) in [5.41, 5.74) is 0. The van der Waals surface area contributed by atoms with E-state index in [4.69, 9.17) is 5.11 Å². The maximum absolute atomic E-state index is 11.2. The van der Waals surface area contributed by atoms with Gasteiger partial charge in [-0.3, -0.25) is 0 Å². The normalized spacial score (nSPS) is 14.1. The van der Waals surface area contributed by atoms with Crippen LogP contribution in [-0.4, -0.2) is 34.5 Å². The van der Waals surface area contributed by atoms with E-state index in [2.05, 4.69) is 22.8 Å². The van der Waals surface area contributed by atoms with Crippen LogP contribution in [0.15, 0.2) is 16.8 Å². The van der Waals surface area contributed by atoms with Gasteiger partial charge in [0.15, 0.2) is 10.0 Å². The molecule has 8 heteroatoms. The number of hydrogen-bond donors (Lipinski definition) is 2. The van der Waals surface area contributed by atoms with Crippen molar-refractivity contribution in [1.82, 2.24) is 4.98 Å². The summed E-state index contributed by atoms with van der Waals surface area (Å²) < 4.78 is 0. The lowest BCUT2D eigenvalue weighted by molar-refractivity contribution is -0.139. The third-order valence-corrected chi connectivity index (χ3v) is 3.72. The summed E-state index contributed by atoms with van der Waals surface area (Å²) in [7, 11) is 1.57. The van der Waals surface area contributed by atoms with Gasteiger partial charge in [-0.25, -0.2) is 9.78 Å². The zero-order valence-corrected chi connectivity index (χ0v) is 10.2. The van der Waals surface area contributed by atoms with E-state index in [1.54, 1.807) is 18.6 Å². The molecule has 0 fully saturated rings. The van der Waals surface area contributed by atoms with E-state index in [0.29, 0.717) is 5.13 Å². The summed E-state index contributed by atoms with van der Waals surface area (Å²) in [6, 6.07) is 0. The summed E-state index contributed by atoms with van der Waals surface area (Å²) >= 11 is 5.43. The number of carboxylic acids is 1. The predicted molar refractivity (Wildman–Crippen MR) is 65.1 cm³/mol. The quantitative estimate of drug-likeness (QED) is 0.460. The van der Waals surface area contributed by atoms with Crippen molar-refractivity contribution in [3.63, 3.8) is 0 Å². The number of thiazole rings is 1. The van der Waals surface area contributed by atoms with E-state index >= 15 is 0 Å². The Balaban J connectivity index is 2.92. The Kier molecular flexibility index (Phi) is 4.25. The minimum absolute atomic E-state index is 0.0189. The highest BCUT2D eigenvalue weighted by atomic mass is 32.1. The van der Waals surface area contributed by atoms with Crippen molar-refractivity contribution in [2.45, 2.75) is 11.3 Å². The zero-order chi connectivity index (χ0) is 12.2. The summed E-state index contributed by atoms with van der Waals surface area (Å²) in [6.07, 6.45) is 1.59. The Morgan fingerprint density at radius 1 is 1.81 bits per heavy atom. The molecule has 16 heavy (non-hydrogen) atoms. The smallest absolute Gasteiger partial charge is 0.340 e. The van der Waals surface area contributed by atoms with E-state index in [0.717, 1.165) is 0 Å². The Labute approximate surface area is 102 Å². The Hall–Kier alpha value is -1.15. The summed E-state index contributed by atoms with van der Waals surface area (Å²) in [5.74, 6) is -1.13. The molecule has 0 bridgehead atoms. The van der Waals surface area contributed by atoms with Crippen LogP contribution < -0.4 is 4.90 Å². The van der Waals surface area contributed by atoms with E-state index in [9.17, 15) is 9.70 Å². The van der Waals surface area contributed by atoms with Crippen molar-refractivity contribution in [2.24, 2.45) is 5.18 Å². The number of thiol groups is 1. The lowest BCUT2D eigenvalue weighted by Crippen LogP contribution is -2.49. The number of rotatable bonds is 6. The van der Waals surface area contributed by atoms with Crippen LogP contribution in [0.3, 0.4) is 0 Å². The second-order valence-corrected chi connectivity index (χ2v) is 4.71.